The molecule has 0 saturated carbocycles. The molecule has 3 aromatic carbocycles. The smallest absolute Gasteiger partial charge is 0.0235 e. The Kier molecular flexibility index (Phi) is 3.28. The van der Waals surface area contributed by atoms with Gasteiger partial charge in [-0.1, -0.05) is 60.7 Å². The first kappa shape index (κ1) is 12.7. The summed E-state index contributed by atoms with van der Waals surface area (Å²) in [6, 6.07) is 26.2. The second-order valence-electron chi connectivity index (χ2n) is 5.38. The fraction of sp³-hybridized carbons (Fsp3) is 0.100. The normalized spacial score (nSPS) is 12.0. The zero-order valence-corrected chi connectivity index (χ0v) is 12.6. The molecule has 0 saturated heterocycles. The van der Waals surface area contributed by atoms with E-state index in [4.69, 9.17) is 0 Å². The van der Waals surface area contributed by atoms with Gasteiger partial charge in [-0.15, -0.1) is 11.8 Å². The minimum Gasteiger partial charge on any atom is -0.121 e. The first-order valence-corrected chi connectivity index (χ1v) is 8.27. The van der Waals surface area contributed by atoms with E-state index in [1.165, 1.54) is 32.7 Å². The van der Waals surface area contributed by atoms with E-state index in [0.29, 0.717) is 0 Å². The topological polar surface area (TPSA) is 0 Å². The van der Waals surface area contributed by atoms with Crippen molar-refractivity contribution < 1.29 is 0 Å². The summed E-state index contributed by atoms with van der Waals surface area (Å²) >= 11 is 1.92. The molecule has 0 fully saturated rings. The van der Waals surface area contributed by atoms with Crippen molar-refractivity contribution >= 4 is 11.8 Å². The molecule has 0 N–H and O–H groups in total. The van der Waals surface area contributed by atoms with Crippen LogP contribution in [-0.2, 0) is 12.2 Å². The predicted molar refractivity (Wildman–Crippen MR) is 90.7 cm³/mol. The van der Waals surface area contributed by atoms with Crippen LogP contribution in [-0.4, -0.2) is 0 Å². The van der Waals surface area contributed by atoms with Crippen LogP contribution in [0.4, 0.5) is 0 Å². The van der Waals surface area contributed by atoms with Crippen LogP contribution in [0.1, 0.15) is 16.7 Å². The van der Waals surface area contributed by atoms with Crippen molar-refractivity contribution in [3.8, 4) is 11.1 Å². The average Bonchev–Trinajstić information content (AvgIpc) is 2.93. The van der Waals surface area contributed by atoms with E-state index < -0.39 is 0 Å². The Balaban J connectivity index is 1.64. The van der Waals surface area contributed by atoms with Gasteiger partial charge in [0.25, 0.3) is 0 Å². The van der Waals surface area contributed by atoms with Gasteiger partial charge in [-0.25, -0.2) is 0 Å². The van der Waals surface area contributed by atoms with Gasteiger partial charge in [0.1, 0.15) is 0 Å². The maximum Gasteiger partial charge on any atom is 0.0235 e. The van der Waals surface area contributed by atoms with Crippen LogP contribution in [0.25, 0.3) is 11.1 Å². The van der Waals surface area contributed by atoms with Crippen LogP contribution in [0, 0.1) is 0 Å². The monoisotopic (exact) mass is 288 g/mol. The lowest BCUT2D eigenvalue weighted by Gasteiger charge is -2.08. The van der Waals surface area contributed by atoms with Crippen LogP contribution in [0.3, 0.4) is 0 Å². The standard InChI is InChI=1S/C20H16S/c1-2-9-17(10-3-1)21-14-16-8-6-12-19-18-11-5-4-7-15(18)13-20(16)19/h1-12H,13-14H2. The highest BCUT2D eigenvalue weighted by Crippen LogP contribution is 2.39. The number of fused-ring (bicyclic) bond motifs is 3. The van der Waals surface area contributed by atoms with Crippen LogP contribution in [0.15, 0.2) is 77.7 Å². The minimum atomic E-state index is 1.04. The molecule has 1 aliphatic rings. The summed E-state index contributed by atoms with van der Waals surface area (Å²) in [4.78, 5) is 1.34. The molecule has 0 heterocycles. The maximum absolute atomic E-state index is 2.28. The quantitative estimate of drug-likeness (QED) is 0.445. The lowest BCUT2D eigenvalue weighted by Crippen LogP contribution is -1.90. The predicted octanol–water partition coefficient (Wildman–Crippen LogP) is 5.55. The fourth-order valence-corrected chi connectivity index (χ4v) is 3.98. The zero-order chi connectivity index (χ0) is 14.1. The highest BCUT2D eigenvalue weighted by molar-refractivity contribution is 7.98. The van der Waals surface area contributed by atoms with Crippen LogP contribution in [0.2, 0.25) is 0 Å². The molecule has 1 aliphatic carbocycles. The molecule has 0 nitrogen and oxygen atoms in total. The van der Waals surface area contributed by atoms with E-state index in [1.54, 1.807) is 0 Å². The number of benzene rings is 3. The molecule has 0 radical (unpaired) electrons. The van der Waals surface area contributed by atoms with E-state index in [2.05, 4.69) is 72.8 Å². The molecule has 4 rings (SSSR count). The molecule has 0 bridgehead atoms. The Morgan fingerprint density at radius 1 is 0.714 bits per heavy atom. The summed E-state index contributed by atoms with van der Waals surface area (Å²) in [6.45, 7) is 0. The molecule has 0 amide bonds. The van der Waals surface area contributed by atoms with Gasteiger partial charge in [0.05, 0.1) is 0 Å². The molecule has 0 aliphatic heterocycles. The summed E-state index contributed by atoms with van der Waals surface area (Å²) in [5.74, 6) is 1.04. The maximum atomic E-state index is 2.28. The second kappa shape index (κ2) is 5.42. The first-order chi connectivity index (χ1) is 10.4. The van der Waals surface area contributed by atoms with Gasteiger partial charge in [0, 0.05) is 10.6 Å². The first-order valence-electron chi connectivity index (χ1n) is 7.29. The van der Waals surface area contributed by atoms with Gasteiger partial charge in [0.2, 0.25) is 0 Å². The van der Waals surface area contributed by atoms with Crippen molar-refractivity contribution in [1.82, 2.24) is 0 Å². The van der Waals surface area contributed by atoms with E-state index in [1.807, 2.05) is 11.8 Å². The van der Waals surface area contributed by atoms with Crippen molar-refractivity contribution in [2.45, 2.75) is 17.1 Å². The van der Waals surface area contributed by atoms with Gasteiger partial charge in [-0.05, 0) is 46.4 Å². The van der Waals surface area contributed by atoms with Crippen molar-refractivity contribution in [3.63, 3.8) is 0 Å². The van der Waals surface area contributed by atoms with E-state index >= 15 is 0 Å². The van der Waals surface area contributed by atoms with Crippen molar-refractivity contribution in [3.05, 3.63) is 89.5 Å². The molecular formula is C20H16S. The Hall–Kier alpha value is -1.99. The second-order valence-corrected chi connectivity index (χ2v) is 6.43. The van der Waals surface area contributed by atoms with E-state index in [0.717, 1.165) is 12.2 Å². The molecule has 102 valence electrons. The van der Waals surface area contributed by atoms with Gasteiger partial charge in [-0.3, -0.25) is 0 Å². The Morgan fingerprint density at radius 3 is 2.38 bits per heavy atom. The van der Waals surface area contributed by atoms with Crippen LogP contribution in [0.5, 0.6) is 0 Å². The Labute approximate surface area is 129 Å². The third-order valence-electron chi connectivity index (χ3n) is 4.09. The van der Waals surface area contributed by atoms with Gasteiger partial charge < -0.3 is 0 Å². The van der Waals surface area contributed by atoms with Gasteiger partial charge in [0.15, 0.2) is 0 Å². The summed E-state index contributed by atoms with van der Waals surface area (Å²) in [5.41, 5.74) is 7.29. The molecule has 1 heteroatoms. The summed E-state index contributed by atoms with van der Waals surface area (Å²) in [7, 11) is 0. The SMILES string of the molecule is c1ccc(SCc2cccc3c2Cc2ccccc2-3)cc1. The molecule has 0 spiro atoms. The molecular weight excluding hydrogens is 272 g/mol. The highest BCUT2D eigenvalue weighted by atomic mass is 32.2. The molecule has 0 unspecified atom stereocenters. The van der Waals surface area contributed by atoms with E-state index in [-0.39, 0.29) is 0 Å². The number of rotatable bonds is 3. The number of thioether (sulfide) groups is 1. The fourth-order valence-electron chi connectivity index (χ4n) is 3.04. The third kappa shape index (κ3) is 2.38. The molecule has 0 aromatic heterocycles. The van der Waals surface area contributed by atoms with Crippen LogP contribution >= 0.6 is 11.8 Å². The van der Waals surface area contributed by atoms with Crippen molar-refractivity contribution in [2.24, 2.45) is 0 Å². The van der Waals surface area contributed by atoms with Gasteiger partial charge >= 0.3 is 0 Å². The Bertz CT molecular complexity index is 775. The lowest BCUT2D eigenvalue weighted by atomic mass is 10.0. The largest absolute Gasteiger partial charge is 0.121 e. The zero-order valence-electron chi connectivity index (χ0n) is 11.8. The van der Waals surface area contributed by atoms with Crippen LogP contribution < -0.4 is 0 Å². The van der Waals surface area contributed by atoms with Crippen molar-refractivity contribution in [1.29, 1.82) is 0 Å². The third-order valence-corrected chi connectivity index (χ3v) is 5.15. The molecule has 3 aromatic rings. The number of hydrogen-bond donors (Lipinski definition) is 0. The summed E-state index contributed by atoms with van der Waals surface area (Å²) in [5, 5.41) is 0. The van der Waals surface area contributed by atoms with Gasteiger partial charge in [-0.2, -0.15) is 0 Å². The van der Waals surface area contributed by atoms with Crippen molar-refractivity contribution in [2.75, 3.05) is 0 Å². The Morgan fingerprint density at radius 2 is 1.48 bits per heavy atom. The lowest BCUT2D eigenvalue weighted by molar-refractivity contribution is 1.20. The summed E-state index contributed by atoms with van der Waals surface area (Å²) in [6.07, 6.45) is 1.08. The molecule has 21 heavy (non-hydrogen) atoms. The minimum absolute atomic E-state index is 1.04. The number of hydrogen-bond acceptors (Lipinski definition) is 1. The molecule has 0 atom stereocenters. The van der Waals surface area contributed by atoms with E-state index in [9.17, 15) is 0 Å². The summed E-state index contributed by atoms with van der Waals surface area (Å²) < 4.78 is 0. The average molecular weight is 288 g/mol. The highest BCUT2D eigenvalue weighted by Gasteiger charge is 2.19.